The monoisotopic (exact) mass is 428 g/mol. The highest BCUT2D eigenvalue weighted by molar-refractivity contribution is 6.33. The number of pyridine rings is 1. The number of halogens is 1. The molecule has 0 aromatic carbocycles. The first-order valence-corrected chi connectivity index (χ1v) is 10.7. The number of amides is 2. The number of hydrogen-bond donors (Lipinski definition) is 1. The molecule has 0 aliphatic carbocycles. The van der Waals surface area contributed by atoms with E-state index in [0.29, 0.717) is 24.9 Å². The van der Waals surface area contributed by atoms with Gasteiger partial charge in [-0.05, 0) is 44.7 Å². The zero-order chi connectivity index (χ0) is 21.1. The Bertz CT molecular complexity index is 947. The van der Waals surface area contributed by atoms with Crippen LogP contribution in [0.15, 0.2) is 24.4 Å². The number of anilines is 2. The van der Waals surface area contributed by atoms with Crippen molar-refractivity contribution in [3.8, 4) is 0 Å². The van der Waals surface area contributed by atoms with E-state index in [-0.39, 0.29) is 28.4 Å². The summed E-state index contributed by atoms with van der Waals surface area (Å²) < 4.78 is 0. The van der Waals surface area contributed by atoms with Crippen molar-refractivity contribution in [3.63, 3.8) is 0 Å². The number of nitrogens with one attached hydrogen (secondary N) is 1. The third kappa shape index (κ3) is 4.53. The Morgan fingerprint density at radius 2 is 1.93 bits per heavy atom. The molecule has 4 rings (SSSR count). The van der Waals surface area contributed by atoms with Crippen LogP contribution in [0.25, 0.3) is 0 Å². The van der Waals surface area contributed by atoms with E-state index in [1.165, 1.54) is 6.20 Å². The molecule has 158 valence electrons. The quantitative estimate of drug-likeness (QED) is 0.805. The number of carbonyl (C=O) groups is 2. The summed E-state index contributed by atoms with van der Waals surface area (Å²) in [5.41, 5.74) is 1.04. The van der Waals surface area contributed by atoms with Crippen molar-refractivity contribution in [2.24, 2.45) is 5.92 Å². The van der Waals surface area contributed by atoms with Gasteiger partial charge in [0.15, 0.2) is 5.69 Å². The highest BCUT2D eigenvalue weighted by Gasteiger charge is 2.31. The summed E-state index contributed by atoms with van der Waals surface area (Å²) >= 11 is 6.26. The molecule has 1 atom stereocenters. The maximum Gasteiger partial charge on any atom is 0.274 e. The second kappa shape index (κ2) is 8.95. The smallest absolute Gasteiger partial charge is 0.274 e. The van der Waals surface area contributed by atoms with Crippen molar-refractivity contribution < 1.29 is 9.59 Å². The summed E-state index contributed by atoms with van der Waals surface area (Å²) in [5.74, 6) is 0.379. The Labute approximate surface area is 180 Å². The summed E-state index contributed by atoms with van der Waals surface area (Å²) in [6.07, 6.45) is 5.14. The van der Waals surface area contributed by atoms with Crippen LogP contribution in [0.1, 0.15) is 41.9 Å². The summed E-state index contributed by atoms with van der Waals surface area (Å²) in [4.78, 5) is 42.7. The zero-order valence-electron chi connectivity index (χ0n) is 17.0. The van der Waals surface area contributed by atoms with Crippen molar-refractivity contribution >= 4 is 35.2 Å². The van der Waals surface area contributed by atoms with Crippen LogP contribution in [-0.4, -0.2) is 57.8 Å². The normalized spacial score (nSPS) is 19.1. The first-order chi connectivity index (χ1) is 14.5. The Kier molecular flexibility index (Phi) is 6.13. The molecule has 2 amide bonds. The molecule has 2 aromatic rings. The zero-order valence-corrected chi connectivity index (χ0v) is 17.7. The molecule has 0 bridgehead atoms. The predicted molar refractivity (Wildman–Crippen MR) is 115 cm³/mol. The standard InChI is InChI=1S/C21H25ClN6O2/c1-14-6-4-8-17(24-14)25-19(29)15-7-5-11-28(13-15)20(30)18-16(22)12-23-21(26-18)27-9-2-3-10-27/h4,6,8,12,15H,2-3,5,7,9-11,13H2,1H3,(H,24,25,29). The highest BCUT2D eigenvalue weighted by Crippen LogP contribution is 2.24. The van der Waals surface area contributed by atoms with Crippen molar-refractivity contribution in [3.05, 3.63) is 40.8 Å². The number of nitrogens with zero attached hydrogens (tertiary/aromatic N) is 5. The number of carbonyl (C=O) groups excluding carboxylic acids is 2. The molecule has 2 aliphatic heterocycles. The molecule has 2 aliphatic rings. The molecule has 0 spiro atoms. The van der Waals surface area contributed by atoms with Gasteiger partial charge in [-0.3, -0.25) is 9.59 Å². The number of hydrogen-bond acceptors (Lipinski definition) is 6. The summed E-state index contributed by atoms with van der Waals surface area (Å²) in [5, 5.41) is 3.10. The van der Waals surface area contributed by atoms with Crippen molar-refractivity contribution in [2.45, 2.75) is 32.6 Å². The van der Waals surface area contributed by atoms with E-state index in [1.807, 2.05) is 19.1 Å². The number of likely N-dealkylation sites (tertiary alicyclic amines) is 1. The molecule has 1 N–H and O–H groups in total. The molecule has 8 nitrogen and oxygen atoms in total. The van der Waals surface area contributed by atoms with Gasteiger partial charge >= 0.3 is 0 Å². The lowest BCUT2D eigenvalue weighted by Gasteiger charge is -2.32. The highest BCUT2D eigenvalue weighted by atomic mass is 35.5. The summed E-state index contributed by atoms with van der Waals surface area (Å²) in [6, 6.07) is 5.49. The minimum Gasteiger partial charge on any atom is -0.341 e. The van der Waals surface area contributed by atoms with Crippen molar-refractivity contribution in [2.75, 3.05) is 36.4 Å². The lowest BCUT2D eigenvalue weighted by atomic mass is 9.97. The molecular weight excluding hydrogens is 404 g/mol. The molecule has 0 saturated carbocycles. The number of aromatic nitrogens is 3. The van der Waals surface area contributed by atoms with E-state index in [0.717, 1.165) is 44.5 Å². The van der Waals surface area contributed by atoms with Gasteiger partial charge in [-0.2, -0.15) is 0 Å². The number of aryl methyl sites for hydroxylation is 1. The van der Waals surface area contributed by atoms with Crippen LogP contribution in [0.5, 0.6) is 0 Å². The molecule has 0 radical (unpaired) electrons. The van der Waals surface area contributed by atoms with E-state index in [4.69, 9.17) is 11.6 Å². The van der Waals surface area contributed by atoms with Crippen LogP contribution in [0.2, 0.25) is 5.02 Å². The Morgan fingerprint density at radius 1 is 1.13 bits per heavy atom. The van der Waals surface area contributed by atoms with Crippen LogP contribution in [0.3, 0.4) is 0 Å². The van der Waals surface area contributed by atoms with Gasteiger partial charge < -0.3 is 15.1 Å². The molecule has 9 heteroatoms. The second-order valence-electron chi connectivity index (χ2n) is 7.80. The van der Waals surface area contributed by atoms with E-state index >= 15 is 0 Å². The van der Waals surface area contributed by atoms with E-state index in [9.17, 15) is 9.59 Å². The summed E-state index contributed by atoms with van der Waals surface area (Å²) in [7, 11) is 0. The van der Waals surface area contributed by atoms with E-state index < -0.39 is 0 Å². The fraction of sp³-hybridized carbons (Fsp3) is 0.476. The summed E-state index contributed by atoms with van der Waals surface area (Å²) in [6.45, 7) is 4.54. The van der Waals surface area contributed by atoms with Gasteiger partial charge in [0.05, 0.1) is 17.1 Å². The van der Waals surface area contributed by atoms with Crippen LogP contribution in [0, 0.1) is 12.8 Å². The fourth-order valence-corrected chi connectivity index (χ4v) is 4.12. The van der Waals surface area contributed by atoms with Crippen LogP contribution in [0.4, 0.5) is 11.8 Å². The molecule has 2 saturated heterocycles. The maximum atomic E-state index is 13.1. The largest absolute Gasteiger partial charge is 0.341 e. The first-order valence-electron chi connectivity index (χ1n) is 10.3. The van der Waals surface area contributed by atoms with E-state index in [2.05, 4.69) is 25.2 Å². The lowest BCUT2D eigenvalue weighted by Crippen LogP contribution is -2.44. The first kappa shape index (κ1) is 20.5. The van der Waals surface area contributed by atoms with E-state index in [1.54, 1.807) is 11.0 Å². The molecule has 4 heterocycles. The Morgan fingerprint density at radius 3 is 2.70 bits per heavy atom. The average molecular weight is 429 g/mol. The van der Waals surface area contributed by atoms with Gasteiger partial charge in [-0.15, -0.1) is 0 Å². The SMILES string of the molecule is Cc1cccc(NC(=O)C2CCCN(C(=O)c3nc(N4CCCC4)ncc3Cl)C2)n1. The van der Waals surface area contributed by atoms with Crippen molar-refractivity contribution in [1.82, 2.24) is 19.9 Å². The third-order valence-electron chi connectivity index (χ3n) is 5.54. The second-order valence-corrected chi connectivity index (χ2v) is 8.21. The lowest BCUT2D eigenvalue weighted by molar-refractivity contribution is -0.121. The van der Waals surface area contributed by atoms with Gasteiger partial charge in [0.2, 0.25) is 11.9 Å². The minimum atomic E-state index is -0.302. The Balaban J connectivity index is 1.45. The molecular formula is C21H25ClN6O2. The predicted octanol–water partition coefficient (Wildman–Crippen LogP) is 2.92. The van der Waals surface area contributed by atoms with Crippen molar-refractivity contribution in [1.29, 1.82) is 0 Å². The molecule has 2 fully saturated rings. The van der Waals surface area contributed by atoms with Crippen LogP contribution < -0.4 is 10.2 Å². The van der Waals surface area contributed by atoms with Crippen LogP contribution in [-0.2, 0) is 4.79 Å². The fourth-order valence-electron chi connectivity index (χ4n) is 3.94. The van der Waals surface area contributed by atoms with Gasteiger partial charge in [0.25, 0.3) is 5.91 Å². The van der Waals surface area contributed by atoms with Gasteiger partial charge in [-0.1, -0.05) is 17.7 Å². The molecule has 30 heavy (non-hydrogen) atoms. The number of piperidine rings is 1. The minimum absolute atomic E-state index is 0.128. The number of rotatable bonds is 4. The molecule has 2 aromatic heterocycles. The van der Waals surface area contributed by atoms with Gasteiger partial charge in [-0.25, -0.2) is 15.0 Å². The average Bonchev–Trinajstić information content (AvgIpc) is 3.29. The van der Waals surface area contributed by atoms with Crippen LogP contribution >= 0.6 is 11.6 Å². The topological polar surface area (TPSA) is 91.3 Å². The third-order valence-corrected chi connectivity index (χ3v) is 5.82. The van der Waals surface area contributed by atoms with Gasteiger partial charge in [0, 0.05) is 31.9 Å². The maximum absolute atomic E-state index is 13.1. The molecule has 1 unspecified atom stereocenters. The Hall–Kier alpha value is -2.74. The van der Waals surface area contributed by atoms with Gasteiger partial charge in [0.1, 0.15) is 5.82 Å².